The van der Waals surface area contributed by atoms with Crippen LogP contribution in [0.25, 0.3) is 0 Å². The lowest BCUT2D eigenvalue weighted by Gasteiger charge is -2.10. The van der Waals surface area contributed by atoms with Crippen LogP contribution in [0.5, 0.6) is 0 Å². The first kappa shape index (κ1) is 14.9. The van der Waals surface area contributed by atoms with Crippen molar-refractivity contribution in [2.24, 2.45) is 5.73 Å². The Bertz CT molecular complexity index is 264. The standard InChI is InChI=1S/C11H17BrN2.ClH/c1-2-3-4-5-10(13)11-7-6-9(12)8-14-11;/h6-8,10H,2-5,13H2,1H3;1H/t10-;/m1./s1. The molecule has 0 spiro atoms. The van der Waals surface area contributed by atoms with Crippen LogP contribution >= 0.6 is 28.3 Å². The second-order valence-corrected chi connectivity index (χ2v) is 4.42. The Morgan fingerprint density at radius 3 is 2.67 bits per heavy atom. The van der Waals surface area contributed by atoms with Crippen molar-refractivity contribution in [3.63, 3.8) is 0 Å². The van der Waals surface area contributed by atoms with Crippen LogP contribution in [0.1, 0.15) is 44.3 Å². The van der Waals surface area contributed by atoms with Gasteiger partial charge in [0.15, 0.2) is 0 Å². The number of nitrogens with zero attached hydrogens (tertiary/aromatic N) is 1. The highest BCUT2D eigenvalue weighted by molar-refractivity contribution is 9.10. The smallest absolute Gasteiger partial charge is 0.0571 e. The van der Waals surface area contributed by atoms with Crippen molar-refractivity contribution in [3.05, 3.63) is 28.5 Å². The van der Waals surface area contributed by atoms with Gasteiger partial charge in [-0.3, -0.25) is 4.98 Å². The highest BCUT2D eigenvalue weighted by Gasteiger charge is 2.06. The summed E-state index contributed by atoms with van der Waals surface area (Å²) in [5.74, 6) is 0. The Morgan fingerprint density at radius 1 is 1.40 bits per heavy atom. The molecule has 0 aliphatic carbocycles. The van der Waals surface area contributed by atoms with Gasteiger partial charge < -0.3 is 5.73 Å². The molecule has 0 saturated carbocycles. The molecule has 0 aromatic carbocycles. The minimum absolute atomic E-state index is 0. The van der Waals surface area contributed by atoms with Gasteiger partial charge in [0.25, 0.3) is 0 Å². The molecule has 0 unspecified atom stereocenters. The minimum atomic E-state index is 0. The van der Waals surface area contributed by atoms with Crippen LogP contribution in [0.2, 0.25) is 0 Å². The van der Waals surface area contributed by atoms with Gasteiger partial charge in [-0.05, 0) is 34.5 Å². The van der Waals surface area contributed by atoms with Gasteiger partial charge in [0.1, 0.15) is 0 Å². The molecule has 2 nitrogen and oxygen atoms in total. The molecule has 0 aliphatic heterocycles. The zero-order chi connectivity index (χ0) is 10.4. The van der Waals surface area contributed by atoms with Crippen molar-refractivity contribution >= 4 is 28.3 Å². The summed E-state index contributed by atoms with van der Waals surface area (Å²) in [6.07, 6.45) is 6.51. The van der Waals surface area contributed by atoms with E-state index in [0.717, 1.165) is 16.6 Å². The first-order valence-corrected chi connectivity index (χ1v) is 5.90. The summed E-state index contributed by atoms with van der Waals surface area (Å²) in [5, 5.41) is 0. The molecule has 0 radical (unpaired) electrons. The predicted octanol–water partition coefficient (Wildman–Crippen LogP) is 3.85. The molecule has 86 valence electrons. The van der Waals surface area contributed by atoms with E-state index in [1.165, 1.54) is 19.3 Å². The van der Waals surface area contributed by atoms with Crippen LogP contribution in [-0.4, -0.2) is 4.98 Å². The second kappa shape index (κ2) is 8.08. The number of pyridine rings is 1. The molecule has 1 atom stereocenters. The lowest BCUT2D eigenvalue weighted by atomic mass is 10.1. The van der Waals surface area contributed by atoms with E-state index >= 15 is 0 Å². The van der Waals surface area contributed by atoms with E-state index in [1.807, 2.05) is 12.1 Å². The fourth-order valence-electron chi connectivity index (χ4n) is 1.37. The van der Waals surface area contributed by atoms with Crippen LogP contribution in [0.3, 0.4) is 0 Å². The first-order chi connectivity index (χ1) is 6.74. The molecule has 0 saturated heterocycles. The van der Waals surface area contributed by atoms with E-state index in [-0.39, 0.29) is 18.4 Å². The molecule has 2 N–H and O–H groups in total. The van der Waals surface area contributed by atoms with Crippen LogP contribution in [0.15, 0.2) is 22.8 Å². The van der Waals surface area contributed by atoms with Gasteiger partial charge in [-0.2, -0.15) is 0 Å². The Hall–Kier alpha value is -0.120. The number of rotatable bonds is 5. The normalized spacial score (nSPS) is 11.9. The number of aromatic nitrogens is 1. The van der Waals surface area contributed by atoms with Gasteiger partial charge >= 0.3 is 0 Å². The summed E-state index contributed by atoms with van der Waals surface area (Å²) in [7, 11) is 0. The monoisotopic (exact) mass is 292 g/mol. The van der Waals surface area contributed by atoms with Crippen molar-refractivity contribution in [3.8, 4) is 0 Å². The zero-order valence-corrected chi connectivity index (χ0v) is 11.4. The fourth-order valence-corrected chi connectivity index (χ4v) is 1.60. The maximum absolute atomic E-state index is 6.01. The molecule has 1 rings (SSSR count). The minimum Gasteiger partial charge on any atom is -0.323 e. The molecule has 1 aromatic rings. The predicted molar refractivity (Wildman–Crippen MR) is 70.3 cm³/mol. The van der Waals surface area contributed by atoms with E-state index in [9.17, 15) is 0 Å². The Balaban J connectivity index is 0.00000196. The number of halogens is 2. The third-order valence-corrected chi connectivity index (χ3v) is 2.72. The second-order valence-electron chi connectivity index (χ2n) is 3.50. The van der Waals surface area contributed by atoms with E-state index < -0.39 is 0 Å². The summed E-state index contributed by atoms with van der Waals surface area (Å²) in [5.41, 5.74) is 7.00. The largest absolute Gasteiger partial charge is 0.323 e. The number of hydrogen-bond donors (Lipinski definition) is 1. The van der Waals surface area contributed by atoms with Crippen molar-refractivity contribution < 1.29 is 0 Å². The Morgan fingerprint density at radius 2 is 2.13 bits per heavy atom. The van der Waals surface area contributed by atoms with Crippen LogP contribution in [-0.2, 0) is 0 Å². The summed E-state index contributed by atoms with van der Waals surface area (Å²) in [6.45, 7) is 2.20. The summed E-state index contributed by atoms with van der Waals surface area (Å²) in [4.78, 5) is 4.29. The van der Waals surface area contributed by atoms with Gasteiger partial charge in [-0.1, -0.05) is 26.2 Å². The number of unbranched alkanes of at least 4 members (excludes halogenated alkanes) is 2. The average molecular weight is 294 g/mol. The van der Waals surface area contributed by atoms with Gasteiger partial charge in [-0.25, -0.2) is 0 Å². The molecule has 0 bridgehead atoms. The van der Waals surface area contributed by atoms with E-state index in [4.69, 9.17) is 5.73 Å². The summed E-state index contributed by atoms with van der Waals surface area (Å²) >= 11 is 3.36. The fraction of sp³-hybridized carbons (Fsp3) is 0.545. The average Bonchev–Trinajstić information content (AvgIpc) is 2.19. The number of hydrogen-bond acceptors (Lipinski definition) is 2. The summed E-state index contributed by atoms with van der Waals surface area (Å²) < 4.78 is 1.00. The highest BCUT2D eigenvalue weighted by Crippen LogP contribution is 2.17. The molecule has 1 aromatic heterocycles. The SMILES string of the molecule is CCCCC[C@@H](N)c1ccc(Br)cn1.Cl. The van der Waals surface area contributed by atoms with Crippen molar-refractivity contribution in [1.29, 1.82) is 0 Å². The van der Waals surface area contributed by atoms with Crippen LogP contribution in [0, 0.1) is 0 Å². The molecule has 15 heavy (non-hydrogen) atoms. The maximum Gasteiger partial charge on any atom is 0.0571 e. The van der Waals surface area contributed by atoms with Gasteiger partial charge in [0, 0.05) is 16.7 Å². The van der Waals surface area contributed by atoms with E-state index in [1.54, 1.807) is 6.20 Å². The van der Waals surface area contributed by atoms with Gasteiger partial charge in [0.05, 0.1) is 5.69 Å². The maximum atomic E-state index is 6.01. The molecule has 0 fully saturated rings. The van der Waals surface area contributed by atoms with Crippen LogP contribution in [0.4, 0.5) is 0 Å². The van der Waals surface area contributed by atoms with E-state index in [2.05, 4.69) is 27.8 Å². The highest BCUT2D eigenvalue weighted by atomic mass is 79.9. The zero-order valence-electron chi connectivity index (χ0n) is 8.95. The Kier molecular flexibility index (Phi) is 8.02. The molecule has 0 amide bonds. The summed E-state index contributed by atoms with van der Waals surface area (Å²) in [6, 6.07) is 4.07. The van der Waals surface area contributed by atoms with E-state index in [0.29, 0.717) is 0 Å². The topological polar surface area (TPSA) is 38.9 Å². The van der Waals surface area contributed by atoms with Crippen LogP contribution < -0.4 is 5.73 Å². The number of nitrogens with two attached hydrogens (primary N) is 1. The molecular formula is C11H18BrClN2. The molecule has 1 heterocycles. The van der Waals surface area contributed by atoms with Gasteiger partial charge in [0.2, 0.25) is 0 Å². The lowest BCUT2D eigenvalue weighted by molar-refractivity contribution is 0.570. The van der Waals surface area contributed by atoms with Crippen molar-refractivity contribution in [2.75, 3.05) is 0 Å². The lowest BCUT2D eigenvalue weighted by Crippen LogP contribution is -2.11. The third kappa shape index (κ3) is 5.50. The molecule has 4 heteroatoms. The molecule has 0 aliphatic rings. The van der Waals surface area contributed by atoms with Crippen molar-refractivity contribution in [2.45, 2.75) is 38.6 Å². The van der Waals surface area contributed by atoms with Gasteiger partial charge in [-0.15, -0.1) is 12.4 Å². The van der Waals surface area contributed by atoms with Crippen molar-refractivity contribution in [1.82, 2.24) is 4.98 Å². The third-order valence-electron chi connectivity index (χ3n) is 2.25. The molecular weight excluding hydrogens is 275 g/mol. The quantitative estimate of drug-likeness (QED) is 0.838. The first-order valence-electron chi connectivity index (χ1n) is 5.11. The Labute approximate surface area is 106 Å².